The van der Waals surface area contributed by atoms with Gasteiger partial charge in [0.15, 0.2) is 0 Å². The molecule has 2 rings (SSSR count). The van der Waals surface area contributed by atoms with Gasteiger partial charge in [0.25, 0.3) is 0 Å². The fraction of sp³-hybridized carbons (Fsp3) is 0.188. The summed E-state index contributed by atoms with van der Waals surface area (Å²) in [5.41, 5.74) is 3.02. The van der Waals surface area contributed by atoms with Gasteiger partial charge in [0.1, 0.15) is 0 Å². The van der Waals surface area contributed by atoms with Crippen LogP contribution in [0.4, 0.5) is 11.4 Å². The van der Waals surface area contributed by atoms with Crippen molar-refractivity contribution < 1.29 is 4.79 Å². The summed E-state index contributed by atoms with van der Waals surface area (Å²) in [5.74, 6) is -0.0618. The van der Waals surface area contributed by atoms with Gasteiger partial charge in [-0.25, -0.2) is 0 Å². The number of rotatable bonds is 4. The molecule has 19 heavy (non-hydrogen) atoms. The number of carbonyl (C=O) groups is 1. The van der Waals surface area contributed by atoms with Gasteiger partial charge < -0.3 is 10.6 Å². The quantitative estimate of drug-likeness (QED) is 0.871. The molecule has 3 heteroatoms. The minimum atomic E-state index is -0.0618. The van der Waals surface area contributed by atoms with E-state index in [1.807, 2.05) is 42.5 Å². The standard InChI is InChI=1S/C16H18N2O/c1-12(14-7-4-3-5-8-14)17-15-9-6-10-16(11-15)18-13(2)19/h3-12,17H,1-2H3,(H,18,19). The third-order valence-electron chi connectivity index (χ3n) is 2.87. The topological polar surface area (TPSA) is 41.1 Å². The van der Waals surface area contributed by atoms with Crippen LogP contribution in [0.15, 0.2) is 54.6 Å². The summed E-state index contributed by atoms with van der Waals surface area (Å²) in [6.07, 6.45) is 0. The summed E-state index contributed by atoms with van der Waals surface area (Å²) in [4.78, 5) is 11.0. The van der Waals surface area contributed by atoms with E-state index in [-0.39, 0.29) is 11.9 Å². The van der Waals surface area contributed by atoms with Crippen LogP contribution < -0.4 is 10.6 Å². The minimum absolute atomic E-state index is 0.0618. The fourth-order valence-corrected chi connectivity index (χ4v) is 1.97. The van der Waals surface area contributed by atoms with Crippen molar-refractivity contribution >= 4 is 17.3 Å². The molecule has 0 aliphatic rings. The lowest BCUT2D eigenvalue weighted by atomic mass is 10.1. The van der Waals surface area contributed by atoms with Crippen molar-refractivity contribution in [1.82, 2.24) is 0 Å². The van der Waals surface area contributed by atoms with E-state index in [2.05, 4.69) is 29.7 Å². The molecule has 0 aliphatic carbocycles. The number of hydrogen-bond acceptors (Lipinski definition) is 2. The van der Waals surface area contributed by atoms with Crippen LogP contribution in [-0.2, 0) is 4.79 Å². The van der Waals surface area contributed by atoms with Crippen molar-refractivity contribution in [2.75, 3.05) is 10.6 Å². The monoisotopic (exact) mass is 254 g/mol. The second-order valence-corrected chi connectivity index (χ2v) is 4.54. The molecule has 0 aliphatic heterocycles. The van der Waals surface area contributed by atoms with Crippen LogP contribution in [-0.4, -0.2) is 5.91 Å². The molecular weight excluding hydrogens is 236 g/mol. The van der Waals surface area contributed by atoms with Crippen LogP contribution in [0.2, 0.25) is 0 Å². The van der Waals surface area contributed by atoms with Crippen LogP contribution in [0.25, 0.3) is 0 Å². The number of amides is 1. The van der Waals surface area contributed by atoms with Crippen molar-refractivity contribution in [3.8, 4) is 0 Å². The highest BCUT2D eigenvalue weighted by Gasteiger charge is 2.05. The Morgan fingerprint density at radius 3 is 2.37 bits per heavy atom. The highest BCUT2D eigenvalue weighted by atomic mass is 16.1. The molecule has 2 aromatic rings. The first-order valence-electron chi connectivity index (χ1n) is 6.34. The summed E-state index contributed by atoms with van der Waals surface area (Å²) in [7, 11) is 0. The smallest absolute Gasteiger partial charge is 0.221 e. The Kier molecular flexibility index (Phi) is 4.18. The van der Waals surface area contributed by atoms with Crippen molar-refractivity contribution in [2.45, 2.75) is 19.9 Å². The van der Waals surface area contributed by atoms with E-state index in [0.29, 0.717) is 0 Å². The van der Waals surface area contributed by atoms with Gasteiger partial charge in [-0.3, -0.25) is 4.79 Å². The fourth-order valence-electron chi connectivity index (χ4n) is 1.97. The van der Waals surface area contributed by atoms with Gasteiger partial charge in [-0.2, -0.15) is 0 Å². The van der Waals surface area contributed by atoms with Gasteiger partial charge >= 0.3 is 0 Å². The molecule has 2 N–H and O–H groups in total. The number of nitrogens with one attached hydrogen (secondary N) is 2. The molecule has 0 saturated heterocycles. The van der Waals surface area contributed by atoms with Crippen molar-refractivity contribution in [1.29, 1.82) is 0 Å². The Morgan fingerprint density at radius 2 is 1.68 bits per heavy atom. The summed E-state index contributed by atoms with van der Waals surface area (Å²) in [6, 6.07) is 18.2. The van der Waals surface area contributed by atoms with Gasteiger partial charge in [0.05, 0.1) is 0 Å². The van der Waals surface area contributed by atoms with Crippen molar-refractivity contribution in [3.05, 3.63) is 60.2 Å². The minimum Gasteiger partial charge on any atom is -0.378 e. The van der Waals surface area contributed by atoms with Gasteiger partial charge in [0, 0.05) is 24.3 Å². The summed E-state index contributed by atoms with van der Waals surface area (Å²) >= 11 is 0. The first kappa shape index (κ1) is 13.1. The Balaban J connectivity index is 2.08. The van der Waals surface area contributed by atoms with E-state index in [9.17, 15) is 4.79 Å². The third kappa shape index (κ3) is 3.85. The Hall–Kier alpha value is -2.29. The lowest BCUT2D eigenvalue weighted by Gasteiger charge is -2.16. The lowest BCUT2D eigenvalue weighted by molar-refractivity contribution is -0.114. The predicted molar refractivity (Wildman–Crippen MR) is 79.2 cm³/mol. The molecule has 0 spiro atoms. The normalized spacial score (nSPS) is 11.7. The maximum atomic E-state index is 11.0. The summed E-state index contributed by atoms with van der Waals surface area (Å²) < 4.78 is 0. The zero-order valence-corrected chi connectivity index (χ0v) is 11.2. The molecule has 1 atom stereocenters. The molecule has 1 unspecified atom stereocenters. The molecule has 1 amide bonds. The lowest BCUT2D eigenvalue weighted by Crippen LogP contribution is -2.08. The van der Waals surface area contributed by atoms with E-state index in [1.165, 1.54) is 12.5 Å². The first-order chi connectivity index (χ1) is 9.15. The molecule has 0 aromatic heterocycles. The van der Waals surface area contributed by atoms with Crippen LogP contribution in [0.3, 0.4) is 0 Å². The largest absolute Gasteiger partial charge is 0.378 e. The van der Waals surface area contributed by atoms with E-state index >= 15 is 0 Å². The maximum Gasteiger partial charge on any atom is 0.221 e. The molecule has 2 aromatic carbocycles. The summed E-state index contributed by atoms with van der Waals surface area (Å²) in [5, 5.41) is 6.20. The van der Waals surface area contributed by atoms with Crippen molar-refractivity contribution in [2.24, 2.45) is 0 Å². The van der Waals surface area contributed by atoms with Crippen LogP contribution in [0.1, 0.15) is 25.5 Å². The third-order valence-corrected chi connectivity index (χ3v) is 2.87. The van der Waals surface area contributed by atoms with Gasteiger partial charge in [0.2, 0.25) is 5.91 Å². The SMILES string of the molecule is CC(=O)Nc1cccc(NC(C)c2ccccc2)c1. The Bertz CT molecular complexity index is 552. The Morgan fingerprint density at radius 1 is 1.00 bits per heavy atom. The van der Waals surface area contributed by atoms with Gasteiger partial charge in [-0.15, -0.1) is 0 Å². The molecule has 0 radical (unpaired) electrons. The van der Waals surface area contributed by atoms with Crippen molar-refractivity contribution in [3.63, 3.8) is 0 Å². The second-order valence-electron chi connectivity index (χ2n) is 4.54. The molecule has 0 bridgehead atoms. The van der Waals surface area contributed by atoms with Gasteiger partial charge in [-0.05, 0) is 30.7 Å². The van der Waals surface area contributed by atoms with E-state index in [4.69, 9.17) is 0 Å². The van der Waals surface area contributed by atoms with E-state index < -0.39 is 0 Å². The van der Waals surface area contributed by atoms with Crippen LogP contribution >= 0.6 is 0 Å². The molecule has 0 fully saturated rings. The summed E-state index contributed by atoms with van der Waals surface area (Å²) in [6.45, 7) is 3.62. The number of hydrogen-bond donors (Lipinski definition) is 2. The van der Waals surface area contributed by atoms with Crippen LogP contribution in [0, 0.1) is 0 Å². The highest BCUT2D eigenvalue weighted by molar-refractivity contribution is 5.89. The predicted octanol–water partition coefficient (Wildman–Crippen LogP) is 3.82. The average Bonchev–Trinajstić information content (AvgIpc) is 2.39. The number of benzene rings is 2. The zero-order chi connectivity index (χ0) is 13.7. The van der Waals surface area contributed by atoms with Gasteiger partial charge in [-0.1, -0.05) is 36.4 Å². The molecule has 3 nitrogen and oxygen atoms in total. The van der Waals surface area contributed by atoms with E-state index in [1.54, 1.807) is 0 Å². The first-order valence-corrected chi connectivity index (χ1v) is 6.34. The second kappa shape index (κ2) is 6.05. The molecule has 0 heterocycles. The average molecular weight is 254 g/mol. The number of carbonyl (C=O) groups excluding carboxylic acids is 1. The maximum absolute atomic E-state index is 11.0. The Labute approximate surface area is 113 Å². The van der Waals surface area contributed by atoms with Crippen LogP contribution in [0.5, 0.6) is 0 Å². The molecule has 0 saturated carbocycles. The highest BCUT2D eigenvalue weighted by Crippen LogP contribution is 2.21. The zero-order valence-electron chi connectivity index (χ0n) is 11.2. The number of anilines is 2. The molecular formula is C16H18N2O. The van der Waals surface area contributed by atoms with E-state index in [0.717, 1.165) is 11.4 Å². The molecule has 98 valence electrons.